The number of esters is 1. The van der Waals surface area contributed by atoms with Crippen LogP contribution in [0.4, 0.5) is 0 Å². The van der Waals surface area contributed by atoms with Crippen LogP contribution in [0.15, 0.2) is 29.4 Å². The van der Waals surface area contributed by atoms with Crippen molar-refractivity contribution in [3.8, 4) is 16.9 Å². The highest BCUT2D eigenvalue weighted by atomic mass is 16.5. The van der Waals surface area contributed by atoms with Crippen molar-refractivity contribution >= 4 is 11.7 Å². The van der Waals surface area contributed by atoms with Crippen LogP contribution in [-0.2, 0) is 11.2 Å². The van der Waals surface area contributed by atoms with Crippen LogP contribution in [0.1, 0.15) is 54.5 Å². The monoisotopic (exact) mass is 382 g/mol. The molecule has 0 unspecified atom stereocenters. The minimum Gasteiger partial charge on any atom is -0.496 e. The van der Waals surface area contributed by atoms with Crippen molar-refractivity contribution in [1.82, 2.24) is 4.98 Å². The van der Waals surface area contributed by atoms with Gasteiger partial charge in [0.05, 0.1) is 36.4 Å². The summed E-state index contributed by atoms with van der Waals surface area (Å²) in [5.74, 6) is 0.182. The van der Waals surface area contributed by atoms with Gasteiger partial charge in [0.2, 0.25) is 0 Å². The Morgan fingerprint density at radius 3 is 2.61 bits per heavy atom. The number of para-hydroxylation sites is 1. The van der Waals surface area contributed by atoms with Gasteiger partial charge >= 0.3 is 5.97 Å². The predicted octanol–water partition coefficient (Wildman–Crippen LogP) is 4.39. The first-order chi connectivity index (χ1) is 13.3. The Morgan fingerprint density at radius 2 is 1.96 bits per heavy atom. The zero-order valence-corrected chi connectivity index (χ0v) is 17.0. The molecule has 6 heteroatoms. The van der Waals surface area contributed by atoms with Gasteiger partial charge in [-0.1, -0.05) is 37.2 Å². The van der Waals surface area contributed by atoms with Gasteiger partial charge in [0, 0.05) is 16.7 Å². The number of methoxy groups -OCH3 is 1. The van der Waals surface area contributed by atoms with Gasteiger partial charge in [0.15, 0.2) is 0 Å². The summed E-state index contributed by atoms with van der Waals surface area (Å²) in [6.45, 7) is 8.06. The number of hydrogen-bond acceptors (Lipinski definition) is 6. The van der Waals surface area contributed by atoms with Crippen LogP contribution in [0.3, 0.4) is 0 Å². The van der Waals surface area contributed by atoms with Gasteiger partial charge in [-0.2, -0.15) is 0 Å². The Hall–Kier alpha value is -2.89. The van der Waals surface area contributed by atoms with E-state index in [0.29, 0.717) is 46.7 Å². The quantitative estimate of drug-likeness (QED) is 0.482. The minimum absolute atomic E-state index is 0.0997. The van der Waals surface area contributed by atoms with Crippen molar-refractivity contribution in [3.05, 3.63) is 46.8 Å². The largest absolute Gasteiger partial charge is 0.496 e. The molecule has 1 aliphatic rings. The minimum atomic E-state index is -0.446. The maximum absolute atomic E-state index is 12.9. The molecule has 1 aromatic heterocycles. The first kappa shape index (κ1) is 19.9. The molecule has 2 aromatic rings. The second-order valence-electron chi connectivity index (χ2n) is 7.75. The third kappa shape index (κ3) is 3.46. The third-order valence-corrected chi connectivity index (χ3v) is 5.01. The zero-order valence-electron chi connectivity index (χ0n) is 17.0. The van der Waals surface area contributed by atoms with Crippen LogP contribution in [-0.4, -0.2) is 35.6 Å². The van der Waals surface area contributed by atoms with E-state index in [1.165, 1.54) is 0 Å². The molecule has 28 heavy (non-hydrogen) atoms. The number of aryl methyl sites for hydroxylation is 1. The second kappa shape index (κ2) is 7.62. The SMILES string of the molecule is CCOC(=O)c1c(C)nc2c(c1-c1ccccc1OC)/C(=N/O)CC(C)(C)C2. The van der Waals surface area contributed by atoms with E-state index in [-0.39, 0.29) is 12.0 Å². The van der Waals surface area contributed by atoms with Crippen molar-refractivity contribution in [2.75, 3.05) is 13.7 Å². The first-order valence-electron chi connectivity index (χ1n) is 9.38. The van der Waals surface area contributed by atoms with Crippen LogP contribution in [0.25, 0.3) is 11.1 Å². The van der Waals surface area contributed by atoms with E-state index in [0.717, 1.165) is 11.3 Å². The number of pyridine rings is 1. The molecule has 1 aliphatic carbocycles. The van der Waals surface area contributed by atoms with Gasteiger partial charge in [-0.05, 0) is 38.2 Å². The maximum atomic E-state index is 12.9. The van der Waals surface area contributed by atoms with Gasteiger partial charge in [-0.25, -0.2) is 4.79 Å². The summed E-state index contributed by atoms with van der Waals surface area (Å²) in [6.07, 6.45) is 1.29. The van der Waals surface area contributed by atoms with E-state index in [1.807, 2.05) is 31.2 Å². The van der Waals surface area contributed by atoms with E-state index < -0.39 is 5.97 Å². The van der Waals surface area contributed by atoms with Gasteiger partial charge in [0.1, 0.15) is 5.75 Å². The molecule has 3 rings (SSSR count). The summed E-state index contributed by atoms with van der Waals surface area (Å²) in [4.78, 5) is 17.6. The number of oxime groups is 1. The van der Waals surface area contributed by atoms with Gasteiger partial charge in [0.25, 0.3) is 0 Å². The fourth-order valence-electron chi connectivity index (χ4n) is 3.92. The van der Waals surface area contributed by atoms with Crippen LogP contribution < -0.4 is 4.74 Å². The Bertz CT molecular complexity index is 948. The van der Waals surface area contributed by atoms with E-state index in [1.54, 1.807) is 14.0 Å². The Labute approximate surface area is 165 Å². The topological polar surface area (TPSA) is 81.0 Å². The van der Waals surface area contributed by atoms with Crippen LogP contribution in [0, 0.1) is 12.3 Å². The summed E-state index contributed by atoms with van der Waals surface area (Å²) in [5.41, 5.74) is 4.30. The van der Waals surface area contributed by atoms with Gasteiger partial charge < -0.3 is 14.7 Å². The Balaban J connectivity index is 2.43. The molecule has 0 fully saturated rings. The lowest BCUT2D eigenvalue weighted by molar-refractivity contribution is 0.0526. The second-order valence-corrected chi connectivity index (χ2v) is 7.75. The molecule has 1 aromatic carbocycles. The first-order valence-corrected chi connectivity index (χ1v) is 9.38. The summed E-state index contributed by atoms with van der Waals surface area (Å²) in [7, 11) is 1.59. The number of rotatable bonds is 4. The van der Waals surface area contributed by atoms with Gasteiger partial charge in [-0.15, -0.1) is 0 Å². The molecular weight excluding hydrogens is 356 g/mol. The maximum Gasteiger partial charge on any atom is 0.340 e. The van der Waals surface area contributed by atoms with E-state index in [2.05, 4.69) is 19.0 Å². The number of benzene rings is 1. The van der Waals surface area contributed by atoms with Crippen molar-refractivity contribution in [2.45, 2.75) is 40.5 Å². The standard InChI is InChI=1S/C22H26N2O4/c1-6-28-21(25)18-13(2)23-15-11-22(3,4)12-16(24-26)20(15)19(18)14-9-7-8-10-17(14)27-5/h7-10,26H,6,11-12H2,1-5H3/b24-16+. The van der Waals surface area contributed by atoms with Crippen LogP contribution in [0.2, 0.25) is 0 Å². The molecule has 1 N–H and O–H groups in total. The van der Waals surface area contributed by atoms with Crippen LogP contribution in [0.5, 0.6) is 5.75 Å². The average molecular weight is 382 g/mol. The molecular formula is C22H26N2O4. The molecule has 6 nitrogen and oxygen atoms in total. The highest BCUT2D eigenvalue weighted by Crippen LogP contribution is 2.43. The number of carbonyl (C=O) groups is 1. The highest BCUT2D eigenvalue weighted by molar-refractivity contribution is 6.13. The molecule has 0 aliphatic heterocycles. The molecule has 0 radical (unpaired) electrons. The van der Waals surface area contributed by atoms with E-state index in [9.17, 15) is 10.0 Å². The van der Waals surface area contributed by atoms with Crippen molar-refractivity contribution < 1.29 is 19.5 Å². The van der Waals surface area contributed by atoms with Crippen LogP contribution >= 0.6 is 0 Å². The van der Waals surface area contributed by atoms with Crippen molar-refractivity contribution in [3.63, 3.8) is 0 Å². The van der Waals surface area contributed by atoms with E-state index in [4.69, 9.17) is 14.5 Å². The average Bonchev–Trinajstić information content (AvgIpc) is 2.65. The summed E-state index contributed by atoms with van der Waals surface area (Å²) in [5, 5.41) is 13.4. The summed E-state index contributed by atoms with van der Waals surface area (Å²) < 4.78 is 10.9. The highest BCUT2D eigenvalue weighted by Gasteiger charge is 2.36. The predicted molar refractivity (Wildman–Crippen MR) is 107 cm³/mol. The number of ether oxygens (including phenoxy) is 2. The molecule has 0 atom stereocenters. The lowest BCUT2D eigenvalue weighted by Crippen LogP contribution is -2.30. The molecule has 0 amide bonds. The smallest absolute Gasteiger partial charge is 0.340 e. The number of hydrogen-bond donors (Lipinski definition) is 1. The van der Waals surface area contributed by atoms with Gasteiger partial charge in [-0.3, -0.25) is 4.98 Å². The summed E-state index contributed by atoms with van der Waals surface area (Å²) >= 11 is 0. The molecule has 0 spiro atoms. The Morgan fingerprint density at radius 1 is 1.25 bits per heavy atom. The third-order valence-electron chi connectivity index (χ3n) is 5.01. The molecule has 1 heterocycles. The normalized spacial score (nSPS) is 16.5. The number of aromatic nitrogens is 1. The number of carbonyl (C=O) groups excluding carboxylic acids is 1. The number of fused-ring (bicyclic) bond motifs is 1. The molecule has 0 bridgehead atoms. The lowest BCUT2D eigenvalue weighted by Gasteiger charge is -2.33. The summed E-state index contributed by atoms with van der Waals surface area (Å²) in [6, 6.07) is 7.49. The molecule has 0 saturated heterocycles. The van der Waals surface area contributed by atoms with Crippen molar-refractivity contribution in [1.29, 1.82) is 0 Å². The molecule has 148 valence electrons. The molecule has 0 saturated carbocycles. The Kier molecular flexibility index (Phi) is 5.40. The zero-order chi connectivity index (χ0) is 20.5. The van der Waals surface area contributed by atoms with E-state index >= 15 is 0 Å². The fraction of sp³-hybridized carbons (Fsp3) is 0.409. The van der Waals surface area contributed by atoms with Crippen molar-refractivity contribution in [2.24, 2.45) is 10.6 Å². The fourth-order valence-corrected chi connectivity index (χ4v) is 3.92. The lowest BCUT2D eigenvalue weighted by atomic mass is 9.72. The number of nitrogens with zero attached hydrogens (tertiary/aromatic N) is 2.